The van der Waals surface area contributed by atoms with Gasteiger partial charge in [-0.15, -0.1) is 0 Å². The van der Waals surface area contributed by atoms with Crippen LogP contribution in [0.2, 0.25) is 0 Å². The minimum atomic E-state index is -1.52. The zero-order valence-electron chi connectivity index (χ0n) is 10.4. The first kappa shape index (κ1) is 13.9. The Morgan fingerprint density at radius 3 is 2.59 bits per heavy atom. The normalized spacial score (nSPS) is 14.4. The molecule has 0 radical (unpaired) electrons. The topological polar surface area (TPSA) is 44.5 Å². The van der Waals surface area contributed by atoms with Gasteiger partial charge >= 0.3 is 0 Å². The van der Waals surface area contributed by atoms with Gasteiger partial charge in [-0.2, -0.15) is 0 Å². The highest BCUT2D eigenvalue weighted by Crippen LogP contribution is 2.35. The molecule has 1 aromatic carbocycles. The van der Waals surface area contributed by atoms with Gasteiger partial charge in [0.05, 0.1) is 6.61 Å². The van der Waals surface area contributed by atoms with Crippen molar-refractivity contribution in [2.45, 2.75) is 19.0 Å². The highest BCUT2D eigenvalue weighted by molar-refractivity contribution is 5.38. The number of alkyl halides is 1. The third-order valence-corrected chi connectivity index (χ3v) is 2.80. The number of ether oxygens (including phenoxy) is 2. The average Bonchev–Trinajstić information content (AvgIpc) is 2.39. The summed E-state index contributed by atoms with van der Waals surface area (Å²) in [5.41, 5.74) is 4.51. The number of hydrogen-bond donors (Lipinski definition) is 1. The molecule has 0 fully saturated rings. The lowest BCUT2D eigenvalue weighted by Gasteiger charge is -2.24. The summed E-state index contributed by atoms with van der Waals surface area (Å²) in [6.07, 6.45) is 0.328. The van der Waals surface area contributed by atoms with Crippen LogP contribution in [-0.2, 0) is 10.4 Å². The van der Waals surface area contributed by atoms with Crippen molar-refractivity contribution in [1.82, 2.24) is 0 Å². The number of rotatable bonds is 7. The van der Waals surface area contributed by atoms with Crippen LogP contribution in [0.1, 0.15) is 18.9 Å². The summed E-state index contributed by atoms with van der Waals surface area (Å²) in [4.78, 5) is 0. The number of nitrogens with two attached hydrogens (primary N) is 1. The van der Waals surface area contributed by atoms with Crippen LogP contribution < -0.4 is 10.5 Å². The van der Waals surface area contributed by atoms with Gasteiger partial charge in [0.15, 0.2) is 5.67 Å². The van der Waals surface area contributed by atoms with Crippen LogP contribution in [0.5, 0.6) is 5.75 Å². The number of benzene rings is 1. The van der Waals surface area contributed by atoms with E-state index in [0.29, 0.717) is 30.9 Å². The molecular weight excluding hydrogens is 221 g/mol. The second-order valence-corrected chi connectivity index (χ2v) is 3.86. The van der Waals surface area contributed by atoms with Crippen molar-refractivity contribution < 1.29 is 13.9 Å². The van der Waals surface area contributed by atoms with E-state index in [2.05, 4.69) is 0 Å². The van der Waals surface area contributed by atoms with Crippen molar-refractivity contribution in [3.05, 3.63) is 29.8 Å². The van der Waals surface area contributed by atoms with Crippen LogP contribution >= 0.6 is 0 Å². The Balaban J connectivity index is 2.90. The Labute approximate surface area is 102 Å². The van der Waals surface area contributed by atoms with Gasteiger partial charge < -0.3 is 15.2 Å². The van der Waals surface area contributed by atoms with Crippen LogP contribution in [0.25, 0.3) is 0 Å². The summed E-state index contributed by atoms with van der Waals surface area (Å²) >= 11 is 0. The van der Waals surface area contributed by atoms with E-state index in [1.165, 1.54) is 0 Å². The van der Waals surface area contributed by atoms with E-state index in [1.54, 1.807) is 32.2 Å². The lowest BCUT2D eigenvalue weighted by Crippen LogP contribution is -2.30. The molecule has 1 rings (SSSR count). The Bertz CT molecular complexity index is 340. The van der Waals surface area contributed by atoms with Crippen molar-refractivity contribution in [3.63, 3.8) is 0 Å². The van der Waals surface area contributed by atoms with Crippen LogP contribution in [0.15, 0.2) is 24.3 Å². The second kappa shape index (κ2) is 6.57. The van der Waals surface area contributed by atoms with Gasteiger partial charge in [0.1, 0.15) is 12.4 Å². The quantitative estimate of drug-likeness (QED) is 0.745. The molecule has 0 spiro atoms. The summed E-state index contributed by atoms with van der Waals surface area (Å²) < 4.78 is 24.9. The molecule has 4 heteroatoms. The molecule has 0 amide bonds. The van der Waals surface area contributed by atoms with E-state index in [9.17, 15) is 4.39 Å². The minimum absolute atomic E-state index is 0.0475. The Morgan fingerprint density at radius 1 is 1.29 bits per heavy atom. The Kier molecular flexibility index (Phi) is 5.38. The number of hydrogen-bond acceptors (Lipinski definition) is 3. The van der Waals surface area contributed by atoms with Crippen molar-refractivity contribution in [2.24, 2.45) is 5.73 Å². The second-order valence-electron chi connectivity index (χ2n) is 3.86. The standard InChI is InChI=1S/C13H20FNO2/c1-3-13(14,10-15)11-6-4-5-7-12(11)17-9-8-16-2/h4-7H,3,8-10,15H2,1-2H3. The molecule has 96 valence electrons. The maximum absolute atomic E-state index is 14.5. The minimum Gasteiger partial charge on any atom is -0.491 e. The van der Waals surface area contributed by atoms with Crippen LogP contribution in [0.3, 0.4) is 0 Å². The zero-order valence-corrected chi connectivity index (χ0v) is 10.4. The fourth-order valence-electron chi connectivity index (χ4n) is 1.64. The molecule has 0 heterocycles. The summed E-state index contributed by atoms with van der Waals surface area (Å²) in [6.45, 7) is 2.60. The smallest absolute Gasteiger partial charge is 0.151 e. The van der Waals surface area contributed by atoms with Gasteiger partial charge in [-0.1, -0.05) is 25.1 Å². The van der Waals surface area contributed by atoms with Crippen LogP contribution in [0, 0.1) is 0 Å². The average molecular weight is 241 g/mol. The summed E-state index contributed by atoms with van der Waals surface area (Å²) in [5, 5.41) is 0. The van der Waals surface area contributed by atoms with Crippen LogP contribution in [-0.4, -0.2) is 26.9 Å². The molecule has 1 aromatic rings. The third kappa shape index (κ3) is 3.41. The van der Waals surface area contributed by atoms with Gasteiger partial charge in [0.2, 0.25) is 0 Å². The molecule has 1 atom stereocenters. The predicted octanol–water partition coefficient (Wildman–Crippen LogP) is 2.25. The van der Waals surface area contributed by atoms with E-state index in [4.69, 9.17) is 15.2 Å². The van der Waals surface area contributed by atoms with E-state index >= 15 is 0 Å². The fourth-order valence-corrected chi connectivity index (χ4v) is 1.64. The van der Waals surface area contributed by atoms with E-state index < -0.39 is 5.67 Å². The molecule has 2 N–H and O–H groups in total. The monoisotopic (exact) mass is 241 g/mol. The van der Waals surface area contributed by atoms with Crippen LogP contribution in [0.4, 0.5) is 4.39 Å². The predicted molar refractivity (Wildman–Crippen MR) is 65.9 cm³/mol. The largest absolute Gasteiger partial charge is 0.491 e. The molecule has 1 unspecified atom stereocenters. The molecule has 0 bridgehead atoms. The van der Waals surface area contributed by atoms with Gasteiger partial charge in [-0.05, 0) is 12.5 Å². The number of methoxy groups -OCH3 is 1. The highest BCUT2D eigenvalue weighted by atomic mass is 19.1. The highest BCUT2D eigenvalue weighted by Gasteiger charge is 2.31. The van der Waals surface area contributed by atoms with Crippen molar-refractivity contribution >= 4 is 0 Å². The lowest BCUT2D eigenvalue weighted by atomic mass is 9.92. The molecule has 3 nitrogen and oxygen atoms in total. The molecule has 0 aromatic heterocycles. The Morgan fingerprint density at radius 2 is 2.00 bits per heavy atom. The number of halogens is 1. The van der Waals surface area contributed by atoms with Gasteiger partial charge in [0.25, 0.3) is 0 Å². The van der Waals surface area contributed by atoms with Crippen molar-refractivity contribution in [3.8, 4) is 5.75 Å². The summed E-state index contributed by atoms with van der Waals surface area (Å²) in [6, 6.07) is 7.08. The molecule has 0 aliphatic heterocycles. The molecule has 0 aliphatic carbocycles. The Hall–Kier alpha value is -1.13. The fraction of sp³-hybridized carbons (Fsp3) is 0.538. The summed E-state index contributed by atoms with van der Waals surface area (Å²) in [7, 11) is 1.60. The third-order valence-electron chi connectivity index (χ3n) is 2.80. The molecule has 0 aliphatic rings. The van der Waals surface area contributed by atoms with E-state index in [-0.39, 0.29) is 6.54 Å². The first-order valence-electron chi connectivity index (χ1n) is 5.78. The molecule has 17 heavy (non-hydrogen) atoms. The number of para-hydroxylation sites is 1. The lowest BCUT2D eigenvalue weighted by molar-refractivity contribution is 0.134. The van der Waals surface area contributed by atoms with Gasteiger partial charge in [-0.25, -0.2) is 4.39 Å². The first-order chi connectivity index (χ1) is 8.18. The maximum Gasteiger partial charge on any atom is 0.151 e. The molecular formula is C13H20FNO2. The van der Waals surface area contributed by atoms with Gasteiger partial charge in [0, 0.05) is 19.2 Å². The maximum atomic E-state index is 14.5. The molecule has 0 saturated heterocycles. The van der Waals surface area contributed by atoms with E-state index in [1.807, 2.05) is 6.07 Å². The molecule has 0 saturated carbocycles. The van der Waals surface area contributed by atoms with Gasteiger partial charge in [-0.3, -0.25) is 0 Å². The zero-order chi connectivity index (χ0) is 12.7. The van der Waals surface area contributed by atoms with Crippen molar-refractivity contribution in [2.75, 3.05) is 26.9 Å². The van der Waals surface area contributed by atoms with Crippen molar-refractivity contribution in [1.29, 1.82) is 0 Å². The SMILES string of the molecule is CCC(F)(CN)c1ccccc1OCCOC. The first-order valence-corrected chi connectivity index (χ1v) is 5.78. The van der Waals surface area contributed by atoms with E-state index in [0.717, 1.165) is 0 Å². The summed E-state index contributed by atoms with van der Waals surface area (Å²) in [5.74, 6) is 0.541.